The van der Waals surface area contributed by atoms with Crippen LogP contribution >= 0.6 is 12.4 Å². The van der Waals surface area contributed by atoms with Crippen LogP contribution in [-0.4, -0.2) is 0 Å². The number of hydrogen-bond acceptors (Lipinski definition) is 3. The van der Waals surface area contributed by atoms with Crippen LogP contribution in [0.2, 0.25) is 0 Å². The lowest BCUT2D eigenvalue weighted by Gasteiger charge is -2.11. The van der Waals surface area contributed by atoms with Crippen molar-refractivity contribution < 1.29 is 4.74 Å². The van der Waals surface area contributed by atoms with Crippen molar-refractivity contribution in [3.63, 3.8) is 0 Å². The summed E-state index contributed by atoms with van der Waals surface area (Å²) in [6, 6.07) is 17.7. The first-order chi connectivity index (χ1) is 8.29. The first-order valence-electron chi connectivity index (χ1n) is 5.58. The number of rotatable bonds is 4. The highest BCUT2D eigenvalue weighted by molar-refractivity contribution is 5.85. The van der Waals surface area contributed by atoms with Crippen LogP contribution in [0.3, 0.4) is 0 Å². The van der Waals surface area contributed by atoms with Gasteiger partial charge in [0.1, 0.15) is 11.5 Å². The predicted octanol–water partition coefficient (Wildman–Crippen LogP) is 3.43. The van der Waals surface area contributed by atoms with Crippen LogP contribution in [0.5, 0.6) is 11.5 Å². The number of hydrazine groups is 1. The van der Waals surface area contributed by atoms with E-state index in [0.29, 0.717) is 0 Å². The third kappa shape index (κ3) is 3.74. The zero-order valence-corrected chi connectivity index (χ0v) is 11.0. The Kier molecular flexibility index (Phi) is 5.65. The molecule has 4 heteroatoms. The molecule has 0 aliphatic rings. The summed E-state index contributed by atoms with van der Waals surface area (Å²) in [5.74, 6) is 7.05. The first-order valence-corrected chi connectivity index (χ1v) is 5.58. The maximum Gasteiger partial charge on any atom is 0.127 e. The number of nitrogens with one attached hydrogen (secondary N) is 1. The third-order valence-electron chi connectivity index (χ3n) is 2.61. The van der Waals surface area contributed by atoms with E-state index in [1.54, 1.807) is 0 Å². The molecule has 96 valence electrons. The number of para-hydroxylation sites is 1. The maximum atomic E-state index is 5.70. The summed E-state index contributed by atoms with van der Waals surface area (Å²) in [6.45, 7) is 2.01. The van der Waals surface area contributed by atoms with E-state index in [9.17, 15) is 0 Å². The lowest BCUT2D eigenvalue weighted by atomic mass is 10.1. The number of halogens is 1. The van der Waals surface area contributed by atoms with E-state index in [2.05, 4.69) is 5.43 Å². The van der Waals surface area contributed by atoms with E-state index >= 15 is 0 Å². The molecule has 0 aliphatic carbocycles. The Hall–Kier alpha value is -1.55. The lowest BCUT2D eigenvalue weighted by Crippen LogP contribution is -2.25. The SMILES string of the molecule is CC(NN)c1ccc(Oc2ccccc2)cc1.Cl. The van der Waals surface area contributed by atoms with E-state index in [4.69, 9.17) is 10.6 Å². The van der Waals surface area contributed by atoms with Gasteiger partial charge < -0.3 is 4.74 Å². The number of benzene rings is 2. The molecule has 2 rings (SSSR count). The average Bonchev–Trinajstić information content (AvgIpc) is 2.40. The van der Waals surface area contributed by atoms with Gasteiger partial charge in [0.15, 0.2) is 0 Å². The van der Waals surface area contributed by atoms with E-state index in [1.807, 2.05) is 61.5 Å². The van der Waals surface area contributed by atoms with Crippen molar-refractivity contribution in [2.24, 2.45) is 5.84 Å². The van der Waals surface area contributed by atoms with Gasteiger partial charge in [-0.1, -0.05) is 30.3 Å². The molecule has 2 aromatic rings. The summed E-state index contributed by atoms with van der Waals surface area (Å²) >= 11 is 0. The molecule has 0 amide bonds. The summed E-state index contributed by atoms with van der Waals surface area (Å²) in [5, 5.41) is 0. The number of hydrogen-bond donors (Lipinski definition) is 2. The summed E-state index contributed by atoms with van der Waals surface area (Å²) in [6.07, 6.45) is 0. The average molecular weight is 265 g/mol. The van der Waals surface area contributed by atoms with Gasteiger partial charge in [-0.05, 0) is 36.8 Å². The van der Waals surface area contributed by atoms with Gasteiger partial charge in [0.05, 0.1) is 0 Å². The molecule has 1 unspecified atom stereocenters. The number of ether oxygens (including phenoxy) is 1. The van der Waals surface area contributed by atoms with Crippen molar-refractivity contribution in [1.82, 2.24) is 5.43 Å². The van der Waals surface area contributed by atoms with Gasteiger partial charge in [0, 0.05) is 6.04 Å². The molecule has 1 atom stereocenters. The van der Waals surface area contributed by atoms with E-state index in [1.165, 1.54) is 0 Å². The minimum absolute atomic E-state index is 0. The van der Waals surface area contributed by atoms with Gasteiger partial charge in [-0.25, -0.2) is 0 Å². The Bertz CT molecular complexity index is 459. The van der Waals surface area contributed by atoms with Gasteiger partial charge in [-0.2, -0.15) is 0 Å². The zero-order valence-electron chi connectivity index (χ0n) is 10.2. The van der Waals surface area contributed by atoms with Crippen molar-refractivity contribution in [3.8, 4) is 11.5 Å². The minimum atomic E-state index is 0. The molecule has 0 fully saturated rings. The van der Waals surface area contributed by atoms with Crippen LogP contribution in [0.4, 0.5) is 0 Å². The second-order valence-electron chi connectivity index (χ2n) is 3.87. The molecule has 0 saturated carbocycles. The molecule has 0 aromatic heterocycles. The summed E-state index contributed by atoms with van der Waals surface area (Å²) in [4.78, 5) is 0. The van der Waals surface area contributed by atoms with Crippen molar-refractivity contribution >= 4 is 12.4 Å². The lowest BCUT2D eigenvalue weighted by molar-refractivity contribution is 0.482. The van der Waals surface area contributed by atoms with Gasteiger partial charge in [-0.15, -0.1) is 12.4 Å². The molecule has 0 spiro atoms. The molecule has 0 bridgehead atoms. The topological polar surface area (TPSA) is 47.3 Å². The van der Waals surface area contributed by atoms with E-state index in [-0.39, 0.29) is 18.4 Å². The number of nitrogens with two attached hydrogens (primary N) is 1. The monoisotopic (exact) mass is 264 g/mol. The van der Waals surface area contributed by atoms with Gasteiger partial charge in [-0.3, -0.25) is 11.3 Å². The molecule has 3 nitrogen and oxygen atoms in total. The van der Waals surface area contributed by atoms with Crippen LogP contribution in [0.15, 0.2) is 54.6 Å². The smallest absolute Gasteiger partial charge is 0.127 e. The Balaban J connectivity index is 0.00000162. The predicted molar refractivity (Wildman–Crippen MR) is 75.9 cm³/mol. The zero-order chi connectivity index (χ0) is 12.1. The Morgan fingerprint density at radius 3 is 2.06 bits per heavy atom. The minimum Gasteiger partial charge on any atom is -0.457 e. The Labute approximate surface area is 113 Å². The van der Waals surface area contributed by atoms with Crippen LogP contribution in [0.25, 0.3) is 0 Å². The maximum absolute atomic E-state index is 5.70. The molecule has 0 aliphatic heterocycles. The van der Waals surface area contributed by atoms with Crippen LogP contribution in [-0.2, 0) is 0 Å². The van der Waals surface area contributed by atoms with Crippen molar-refractivity contribution in [1.29, 1.82) is 0 Å². The van der Waals surface area contributed by atoms with Crippen molar-refractivity contribution in [3.05, 3.63) is 60.2 Å². The highest BCUT2D eigenvalue weighted by Gasteiger charge is 2.02. The van der Waals surface area contributed by atoms with Crippen molar-refractivity contribution in [2.45, 2.75) is 13.0 Å². The summed E-state index contributed by atoms with van der Waals surface area (Å²) < 4.78 is 5.70. The Morgan fingerprint density at radius 1 is 0.944 bits per heavy atom. The fraction of sp³-hybridized carbons (Fsp3) is 0.143. The Morgan fingerprint density at radius 2 is 1.50 bits per heavy atom. The quantitative estimate of drug-likeness (QED) is 0.657. The molecule has 0 radical (unpaired) electrons. The van der Waals surface area contributed by atoms with Gasteiger partial charge in [0.2, 0.25) is 0 Å². The second kappa shape index (κ2) is 7.01. The van der Waals surface area contributed by atoms with E-state index in [0.717, 1.165) is 17.1 Å². The summed E-state index contributed by atoms with van der Waals surface area (Å²) in [7, 11) is 0. The highest BCUT2D eigenvalue weighted by Crippen LogP contribution is 2.22. The van der Waals surface area contributed by atoms with Crippen LogP contribution in [0.1, 0.15) is 18.5 Å². The second-order valence-corrected chi connectivity index (χ2v) is 3.87. The molecule has 3 N–H and O–H groups in total. The summed E-state index contributed by atoms with van der Waals surface area (Å²) in [5.41, 5.74) is 3.84. The third-order valence-corrected chi connectivity index (χ3v) is 2.61. The van der Waals surface area contributed by atoms with Crippen LogP contribution in [0, 0.1) is 0 Å². The molecule has 0 saturated heterocycles. The normalized spacial score (nSPS) is 11.4. The van der Waals surface area contributed by atoms with Crippen LogP contribution < -0.4 is 16.0 Å². The van der Waals surface area contributed by atoms with E-state index < -0.39 is 0 Å². The molecular weight excluding hydrogens is 248 g/mol. The fourth-order valence-corrected chi connectivity index (χ4v) is 1.55. The fourth-order valence-electron chi connectivity index (χ4n) is 1.55. The van der Waals surface area contributed by atoms with Crippen molar-refractivity contribution in [2.75, 3.05) is 0 Å². The van der Waals surface area contributed by atoms with Gasteiger partial charge >= 0.3 is 0 Å². The largest absolute Gasteiger partial charge is 0.457 e. The molecule has 18 heavy (non-hydrogen) atoms. The molecular formula is C14H17ClN2O. The highest BCUT2D eigenvalue weighted by atomic mass is 35.5. The van der Waals surface area contributed by atoms with Gasteiger partial charge in [0.25, 0.3) is 0 Å². The first kappa shape index (κ1) is 14.5. The standard InChI is InChI=1S/C14H16N2O.ClH/c1-11(16-15)12-7-9-14(10-8-12)17-13-5-3-2-4-6-13;/h2-11,16H,15H2,1H3;1H. The molecule has 0 heterocycles. The molecule has 2 aromatic carbocycles.